The first-order chi connectivity index (χ1) is 13.5. The Morgan fingerprint density at radius 3 is 2.31 bits per heavy atom. The fourth-order valence-electron chi connectivity index (χ4n) is 2.81. The van der Waals surface area contributed by atoms with Crippen molar-refractivity contribution in [3.63, 3.8) is 0 Å². The highest BCUT2D eigenvalue weighted by Gasteiger charge is 2.20. The summed E-state index contributed by atoms with van der Waals surface area (Å²) in [6.07, 6.45) is 0. The SMILES string of the molecule is CN(CC(=O)Nc1cc(S(=O)(=O)N(C)C)ccc1N(C)C)Cc1cccc(Cl)c1. The van der Waals surface area contributed by atoms with Gasteiger partial charge >= 0.3 is 0 Å². The van der Waals surface area contributed by atoms with E-state index in [0.717, 1.165) is 9.87 Å². The van der Waals surface area contributed by atoms with E-state index in [-0.39, 0.29) is 17.3 Å². The second-order valence-corrected chi connectivity index (χ2v) is 9.80. The van der Waals surface area contributed by atoms with E-state index in [1.165, 1.54) is 26.2 Å². The van der Waals surface area contributed by atoms with Crippen molar-refractivity contribution in [2.24, 2.45) is 0 Å². The lowest BCUT2D eigenvalue weighted by atomic mass is 10.2. The number of carbonyl (C=O) groups is 1. The van der Waals surface area contributed by atoms with Gasteiger partial charge in [-0.3, -0.25) is 9.69 Å². The van der Waals surface area contributed by atoms with E-state index in [9.17, 15) is 13.2 Å². The van der Waals surface area contributed by atoms with Gasteiger partial charge in [-0.05, 0) is 42.9 Å². The topological polar surface area (TPSA) is 73.0 Å². The average molecular weight is 439 g/mol. The van der Waals surface area contributed by atoms with Crippen LogP contribution in [0.5, 0.6) is 0 Å². The second kappa shape index (κ2) is 9.58. The Balaban J connectivity index is 2.17. The maximum absolute atomic E-state index is 12.6. The minimum absolute atomic E-state index is 0.121. The zero-order valence-corrected chi connectivity index (χ0v) is 18.9. The Morgan fingerprint density at radius 2 is 1.72 bits per heavy atom. The lowest BCUT2D eigenvalue weighted by Crippen LogP contribution is -2.30. The highest BCUT2D eigenvalue weighted by molar-refractivity contribution is 7.89. The number of sulfonamides is 1. The normalized spacial score (nSPS) is 11.7. The fourth-order valence-corrected chi connectivity index (χ4v) is 3.96. The third-order valence-corrected chi connectivity index (χ3v) is 6.30. The van der Waals surface area contributed by atoms with Crippen molar-refractivity contribution in [2.75, 3.05) is 52.0 Å². The Hall–Kier alpha value is -2.13. The highest BCUT2D eigenvalue weighted by Crippen LogP contribution is 2.28. The molecule has 0 spiro atoms. The zero-order valence-electron chi connectivity index (χ0n) is 17.3. The zero-order chi connectivity index (χ0) is 21.8. The average Bonchev–Trinajstić information content (AvgIpc) is 2.60. The molecule has 0 bridgehead atoms. The predicted molar refractivity (Wildman–Crippen MR) is 118 cm³/mol. The second-order valence-electron chi connectivity index (χ2n) is 7.21. The van der Waals surface area contributed by atoms with Crippen LogP contribution >= 0.6 is 11.6 Å². The van der Waals surface area contributed by atoms with Crippen molar-refractivity contribution in [1.29, 1.82) is 0 Å². The molecule has 0 saturated heterocycles. The summed E-state index contributed by atoms with van der Waals surface area (Å²) in [4.78, 5) is 16.4. The van der Waals surface area contributed by atoms with Crippen LogP contribution in [-0.4, -0.2) is 65.3 Å². The van der Waals surface area contributed by atoms with Crippen molar-refractivity contribution in [3.8, 4) is 0 Å². The molecule has 0 radical (unpaired) electrons. The maximum atomic E-state index is 12.6. The molecule has 158 valence electrons. The van der Waals surface area contributed by atoms with Gasteiger partial charge in [0.2, 0.25) is 15.9 Å². The summed E-state index contributed by atoms with van der Waals surface area (Å²) in [5.41, 5.74) is 2.16. The van der Waals surface area contributed by atoms with Gasteiger partial charge in [-0.1, -0.05) is 23.7 Å². The number of benzene rings is 2. The Bertz CT molecular complexity index is 977. The number of anilines is 2. The van der Waals surface area contributed by atoms with Crippen LogP contribution in [0.3, 0.4) is 0 Å². The van der Waals surface area contributed by atoms with Crippen molar-refractivity contribution < 1.29 is 13.2 Å². The van der Waals surface area contributed by atoms with Crippen LogP contribution in [-0.2, 0) is 21.4 Å². The van der Waals surface area contributed by atoms with Gasteiger partial charge in [-0.25, -0.2) is 12.7 Å². The lowest BCUT2D eigenvalue weighted by Gasteiger charge is -2.21. The standard InChI is InChI=1S/C20H27ClN4O3S/c1-23(2)19-10-9-17(29(27,28)24(3)4)12-18(19)22-20(26)14-25(5)13-15-7-6-8-16(21)11-15/h6-12H,13-14H2,1-5H3,(H,22,26). The molecule has 0 aliphatic heterocycles. The molecule has 9 heteroatoms. The van der Waals surface area contributed by atoms with E-state index < -0.39 is 10.0 Å². The number of likely N-dealkylation sites (N-methyl/N-ethyl adjacent to an activating group) is 1. The first-order valence-electron chi connectivity index (χ1n) is 8.97. The minimum Gasteiger partial charge on any atom is -0.376 e. The van der Waals surface area contributed by atoms with Crippen molar-refractivity contribution in [1.82, 2.24) is 9.21 Å². The summed E-state index contributed by atoms with van der Waals surface area (Å²) in [6, 6.07) is 12.2. The van der Waals surface area contributed by atoms with Crippen LogP contribution in [0.2, 0.25) is 5.02 Å². The summed E-state index contributed by atoms with van der Waals surface area (Å²) in [6.45, 7) is 0.702. The molecule has 0 aromatic heterocycles. The molecule has 1 amide bonds. The molecule has 0 saturated carbocycles. The van der Waals surface area contributed by atoms with E-state index in [4.69, 9.17) is 11.6 Å². The number of halogens is 1. The Kier molecular flexibility index (Phi) is 7.65. The molecule has 2 aromatic rings. The smallest absolute Gasteiger partial charge is 0.242 e. The first kappa shape index (κ1) is 23.2. The van der Waals surface area contributed by atoms with Crippen LogP contribution in [0.25, 0.3) is 0 Å². The van der Waals surface area contributed by atoms with Crippen molar-refractivity contribution in [2.45, 2.75) is 11.4 Å². The maximum Gasteiger partial charge on any atom is 0.242 e. The van der Waals surface area contributed by atoms with Gasteiger partial charge in [0.25, 0.3) is 0 Å². The summed E-state index contributed by atoms with van der Waals surface area (Å²) in [5.74, 6) is -0.239. The van der Waals surface area contributed by atoms with Crippen molar-refractivity contribution >= 4 is 38.9 Å². The summed E-state index contributed by atoms with van der Waals surface area (Å²) >= 11 is 6.01. The van der Waals surface area contributed by atoms with Crippen LogP contribution in [0.15, 0.2) is 47.4 Å². The van der Waals surface area contributed by atoms with E-state index in [2.05, 4.69) is 5.32 Å². The number of hydrogen-bond acceptors (Lipinski definition) is 5. The van der Waals surface area contributed by atoms with Gasteiger partial charge in [0.05, 0.1) is 22.8 Å². The van der Waals surface area contributed by atoms with E-state index in [1.807, 2.05) is 49.1 Å². The number of amides is 1. The van der Waals surface area contributed by atoms with Gasteiger partial charge in [0.15, 0.2) is 0 Å². The van der Waals surface area contributed by atoms with Crippen LogP contribution in [0.4, 0.5) is 11.4 Å². The molecule has 0 atom stereocenters. The number of rotatable bonds is 8. The molecule has 2 aromatic carbocycles. The fraction of sp³-hybridized carbons (Fsp3) is 0.350. The quantitative estimate of drug-likeness (QED) is 0.686. The highest BCUT2D eigenvalue weighted by atomic mass is 35.5. The Labute approximate surface area is 177 Å². The molecule has 0 aliphatic carbocycles. The summed E-state index contributed by atoms with van der Waals surface area (Å²) < 4.78 is 26.0. The van der Waals surface area contributed by atoms with E-state index >= 15 is 0 Å². The molecule has 0 unspecified atom stereocenters. The molecule has 7 nitrogen and oxygen atoms in total. The molecule has 29 heavy (non-hydrogen) atoms. The lowest BCUT2D eigenvalue weighted by molar-refractivity contribution is -0.117. The third-order valence-electron chi connectivity index (χ3n) is 4.26. The molecule has 0 aliphatic rings. The summed E-state index contributed by atoms with van der Waals surface area (Å²) in [5, 5.41) is 3.49. The molecule has 0 heterocycles. The number of carbonyl (C=O) groups excluding carboxylic acids is 1. The first-order valence-corrected chi connectivity index (χ1v) is 10.8. The van der Waals surface area contributed by atoms with Crippen LogP contribution in [0, 0.1) is 0 Å². The largest absolute Gasteiger partial charge is 0.376 e. The molecule has 0 fully saturated rings. The van der Waals surface area contributed by atoms with Gasteiger partial charge in [0, 0.05) is 39.8 Å². The molecule has 2 rings (SSSR count). The third kappa shape index (κ3) is 6.17. The molecular formula is C20H27ClN4O3S. The molecular weight excluding hydrogens is 412 g/mol. The number of hydrogen-bond donors (Lipinski definition) is 1. The van der Waals surface area contributed by atoms with Gasteiger partial charge in [-0.2, -0.15) is 0 Å². The van der Waals surface area contributed by atoms with Crippen molar-refractivity contribution in [3.05, 3.63) is 53.1 Å². The monoisotopic (exact) mass is 438 g/mol. The van der Waals surface area contributed by atoms with Crippen LogP contribution < -0.4 is 10.2 Å². The predicted octanol–water partition coefficient (Wildman–Crippen LogP) is 2.73. The van der Waals surface area contributed by atoms with E-state index in [1.54, 1.807) is 12.1 Å². The van der Waals surface area contributed by atoms with Crippen LogP contribution in [0.1, 0.15) is 5.56 Å². The molecule has 1 N–H and O–H groups in total. The van der Waals surface area contributed by atoms with Gasteiger partial charge in [0.1, 0.15) is 0 Å². The number of nitrogens with zero attached hydrogens (tertiary/aromatic N) is 3. The van der Waals surface area contributed by atoms with Gasteiger partial charge < -0.3 is 10.2 Å². The van der Waals surface area contributed by atoms with E-state index in [0.29, 0.717) is 22.9 Å². The Morgan fingerprint density at radius 1 is 1.03 bits per heavy atom. The number of nitrogens with one attached hydrogen (secondary N) is 1. The van der Waals surface area contributed by atoms with Gasteiger partial charge in [-0.15, -0.1) is 0 Å². The minimum atomic E-state index is -3.60. The summed E-state index contributed by atoms with van der Waals surface area (Å²) in [7, 11) is 4.83.